The monoisotopic (exact) mass is 398 g/mol. The predicted octanol–water partition coefficient (Wildman–Crippen LogP) is 6.30. The van der Waals surface area contributed by atoms with Crippen molar-refractivity contribution >= 4 is 40.0 Å². The molecule has 1 aromatic heterocycles. The molecule has 1 N–H and O–H groups in total. The quantitative estimate of drug-likeness (QED) is 0.324. The Balaban J connectivity index is 1.54. The van der Waals surface area contributed by atoms with Gasteiger partial charge < -0.3 is 9.73 Å². The minimum absolute atomic E-state index is 0.0461. The largest absolute Gasteiger partial charge is 0.457 e. The summed E-state index contributed by atoms with van der Waals surface area (Å²) in [4.78, 5) is 12.5. The summed E-state index contributed by atoms with van der Waals surface area (Å²) in [5.41, 5.74) is 1.43. The number of fused-ring (bicyclic) bond motifs is 1. The first kappa shape index (κ1) is 18.5. The number of amides is 1. The lowest BCUT2D eigenvalue weighted by Gasteiger charge is -2.05. The number of carbonyl (C=O) groups is 1. The fourth-order valence-electron chi connectivity index (χ4n) is 2.96. The van der Waals surface area contributed by atoms with Crippen LogP contribution in [0.25, 0.3) is 28.2 Å². The molecular weight excluding hydrogens is 384 g/mol. The van der Waals surface area contributed by atoms with Crippen molar-refractivity contribution in [2.24, 2.45) is 0 Å². The van der Waals surface area contributed by atoms with Crippen molar-refractivity contribution in [1.29, 1.82) is 5.26 Å². The molecule has 4 nitrogen and oxygen atoms in total. The van der Waals surface area contributed by atoms with Crippen LogP contribution < -0.4 is 5.32 Å². The van der Waals surface area contributed by atoms with E-state index in [0.717, 1.165) is 16.3 Å². The second-order valence-electron chi connectivity index (χ2n) is 6.39. The maximum Gasteiger partial charge on any atom is 0.266 e. The van der Waals surface area contributed by atoms with Gasteiger partial charge in [-0.05, 0) is 59.3 Å². The van der Waals surface area contributed by atoms with Crippen LogP contribution in [0, 0.1) is 11.3 Å². The van der Waals surface area contributed by atoms with Crippen LogP contribution in [0.1, 0.15) is 5.76 Å². The molecule has 0 atom stereocenters. The summed E-state index contributed by atoms with van der Waals surface area (Å²) in [6.45, 7) is 0. The van der Waals surface area contributed by atoms with Crippen molar-refractivity contribution in [3.8, 4) is 17.4 Å². The van der Waals surface area contributed by atoms with Crippen molar-refractivity contribution in [3.05, 3.63) is 95.2 Å². The summed E-state index contributed by atoms with van der Waals surface area (Å²) in [6.07, 6.45) is 1.43. The molecule has 4 rings (SSSR count). The molecule has 5 heteroatoms. The third-order valence-corrected chi connectivity index (χ3v) is 4.67. The smallest absolute Gasteiger partial charge is 0.266 e. The van der Waals surface area contributed by atoms with Gasteiger partial charge in [0.15, 0.2) is 0 Å². The summed E-state index contributed by atoms with van der Waals surface area (Å²) < 4.78 is 5.75. The highest BCUT2D eigenvalue weighted by Gasteiger charge is 2.12. The van der Waals surface area contributed by atoms with Crippen LogP contribution in [0.2, 0.25) is 5.02 Å². The summed E-state index contributed by atoms with van der Waals surface area (Å²) >= 11 is 5.90. The molecule has 0 fully saturated rings. The van der Waals surface area contributed by atoms with E-state index in [4.69, 9.17) is 16.0 Å². The van der Waals surface area contributed by atoms with Gasteiger partial charge in [-0.25, -0.2) is 0 Å². The molecule has 0 unspecified atom stereocenters. The van der Waals surface area contributed by atoms with E-state index in [2.05, 4.69) is 5.32 Å². The van der Waals surface area contributed by atoms with Gasteiger partial charge in [0.05, 0.1) is 0 Å². The Labute approximate surface area is 172 Å². The highest BCUT2D eigenvalue weighted by atomic mass is 35.5. The molecule has 0 bridgehead atoms. The molecule has 0 aliphatic heterocycles. The molecule has 1 amide bonds. The highest BCUT2D eigenvalue weighted by Crippen LogP contribution is 2.25. The molecule has 0 saturated carbocycles. The van der Waals surface area contributed by atoms with Gasteiger partial charge in [-0.3, -0.25) is 4.79 Å². The van der Waals surface area contributed by atoms with E-state index in [1.54, 1.807) is 30.3 Å². The van der Waals surface area contributed by atoms with Crippen molar-refractivity contribution in [1.82, 2.24) is 0 Å². The zero-order chi connectivity index (χ0) is 20.2. The molecule has 29 heavy (non-hydrogen) atoms. The van der Waals surface area contributed by atoms with Crippen molar-refractivity contribution in [3.63, 3.8) is 0 Å². The lowest BCUT2D eigenvalue weighted by molar-refractivity contribution is -0.112. The third-order valence-electron chi connectivity index (χ3n) is 4.41. The van der Waals surface area contributed by atoms with E-state index in [-0.39, 0.29) is 5.57 Å². The van der Waals surface area contributed by atoms with E-state index in [1.807, 2.05) is 54.6 Å². The Kier molecular flexibility index (Phi) is 5.15. The van der Waals surface area contributed by atoms with E-state index >= 15 is 0 Å². The van der Waals surface area contributed by atoms with Crippen LogP contribution >= 0.6 is 11.6 Å². The number of carbonyl (C=O) groups excluding carboxylic acids is 1. The molecule has 1 heterocycles. The van der Waals surface area contributed by atoms with Crippen LogP contribution in [-0.4, -0.2) is 5.91 Å². The van der Waals surface area contributed by atoms with Crippen molar-refractivity contribution in [2.75, 3.05) is 5.32 Å². The lowest BCUT2D eigenvalue weighted by atomic mass is 10.1. The standard InChI is InChI=1S/C24H15ClN2O2/c25-20-8-5-17(6-9-20)23-12-11-22(29-23)14-19(15-26)24(28)27-21-10-7-16-3-1-2-4-18(16)13-21/h1-14H,(H,27,28)/b19-14+. The number of nitrogens with one attached hydrogen (secondary N) is 1. The topological polar surface area (TPSA) is 66.0 Å². The van der Waals surface area contributed by atoms with Gasteiger partial charge >= 0.3 is 0 Å². The average Bonchev–Trinajstić information content (AvgIpc) is 3.21. The van der Waals surface area contributed by atoms with Gasteiger partial charge in [-0.2, -0.15) is 5.26 Å². The fraction of sp³-hybridized carbons (Fsp3) is 0. The maximum atomic E-state index is 12.5. The fourth-order valence-corrected chi connectivity index (χ4v) is 3.08. The van der Waals surface area contributed by atoms with E-state index in [1.165, 1.54) is 6.08 Å². The molecule has 0 radical (unpaired) electrons. The second-order valence-corrected chi connectivity index (χ2v) is 6.83. The van der Waals surface area contributed by atoms with Gasteiger partial charge in [0, 0.05) is 22.3 Å². The average molecular weight is 399 g/mol. The summed E-state index contributed by atoms with van der Waals surface area (Å²) in [7, 11) is 0. The first-order valence-electron chi connectivity index (χ1n) is 8.90. The summed E-state index contributed by atoms with van der Waals surface area (Å²) in [6, 6.07) is 26.1. The van der Waals surface area contributed by atoms with E-state index in [9.17, 15) is 10.1 Å². The van der Waals surface area contributed by atoms with Gasteiger partial charge in [-0.1, -0.05) is 41.9 Å². The number of anilines is 1. The molecule has 3 aromatic carbocycles. The van der Waals surface area contributed by atoms with Crippen LogP contribution in [0.5, 0.6) is 0 Å². The Bertz CT molecular complexity index is 1260. The number of nitriles is 1. The number of hydrogen-bond donors (Lipinski definition) is 1. The number of rotatable bonds is 4. The summed E-state index contributed by atoms with van der Waals surface area (Å²) in [5, 5.41) is 14.9. The minimum Gasteiger partial charge on any atom is -0.457 e. The van der Waals surface area contributed by atoms with Crippen LogP contribution in [0.15, 0.2) is 88.9 Å². The minimum atomic E-state index is -0.493. The first-order valence-corrected chi connectivity index (χ1v) is 9.28. The molecule has 140 valence electrons. The van der Waals surface area contributed by atoms with Crippen LogP contribution in [-0.2, 0) is 4.79 Å². The molecule has 0 aliphatic rings. The van der Waals surface area contributed by atoms with E-state index in [0.29, 0.717) is 22.2 Å². The predicted molar refractivity (Wildman–Crippen MR) is 115 cm³/mol. The second kappa shape index (κ2) is 8.05. The molecule has 0 spiro atoms. The normalized spacial score (nSPS) is 11.2. The number of hydrogen-bond acceptors (Lipinski definition) is 3. The Morgan fingerprint density at radius 1 is 0.966 bits per heavy atom. The van der Waals surface area contributed by atoms with Crippen molar-refractivity contribution < 1.29 is 9.21 Å². The third kappa shape index (κ3) is 4.21. The number of benzene rings is 3. The van der Waals surface area contributed by atoms with Gasteiger partial charge in [-0.15, -0.1) is 0 Å². The molecule has 0 saturated heterocycles. The summed E-state index contributed by atoms with van der Waals surface area (Å²) in [5.74, 6) is 0.549. The maximum absolute atomic E-state index is 12.5. The highest BCUT2D eigenvalue weighted by molar-refractivity contribution is 6.30. The SMILES string of the molecule is N#C/C(=C\c1ccc(-c2ccc(Cl)cc2)o1)C(=O)Nc1ccc2ccccc2c1. The van der Waals surface area contributed by atoms with Crippen LogP contribution in [0.3, 0.4) is 0 Å². The Morgan fingerprint density at radius 3 is 2.48 bits per heavy atom. The zero-order valence-corrected chi connectivity index (χ0v) is 16.0. The van der Waals surface area contributed by atoms with E-state index < -0.39 is 5.91 Å². The first-order chi connectivity index (χ1) is 14.1. The molecular formula is C24H15ClN2O2. The number of furan rings is 1. The Morgan fingerprint density at radius 2 is 1.72 bits per heavy atom. The number of halogens is 1. The zero-order valence-electron chi connectivity index (χ0n) is 15.2. The molecule has 0 aliphatic carbocycles. The van der Waals surface area contributed by atoms with Gasteiger partial charge in [0.25, 0.3) is 5.91 Å². The van der Waals surface area contributed by atoms with Crippen molar-refractivity contribution in [2.45, 2.75) is 0 Å². The molecule has 4 aromatic rings. The van der Waals surface area contributed by atoms with Gasteiger partial charge in [0.1, 0.15) is 23.2 Å². The lowest BCUT2D eigenvalue weighted by Crippen LogP contribution is -2.13. The Hall–Kier alpha value is -3.81. The van der Waals surface area contributed by atoms with Crippen LogP contribution in [0.4, 0.5) is 5.69 Å². The number of nitrogens with zero attached hydrogens (tertiary/aromatic N) is 1. The van der Waals surface area contributed by atoms with Gasteiger partial charge in [0.2, 0.25) is 0 Å².